The van der Waals surface area contributed by atoms with Gasteiger partial charge in [0.2, 0.25) is 5.82 Å². The molecule has 0 N–H and O–H groups in total. The van der Waals surface area contributed by atoms with Crippen molar-refractivity contribution in [2.24, 2.45) is 0 Å². The van der Waals surface area contributed by atoms with E-state index < -0.39 is 0 Å². The highest BCUT2D eigenvalue weighted by atomic mass is 35.5. The van der Waals surface area contributed by atoms with E-state index in [0.717, 1.165) is 16.7 Å². The van der Waals surface area contributed by atoms with Gasteiger partial charge in [-0.3, -0.25) is 0 Å². The lowest BCUT2D eigenvalue weighted by Gasteiger charge is -1.98. The number of hydrogen-bond acceptors (Lipinski definition) is 4. The van der Waals surface area contributed by atoms with Gasteiger partial charge in [0.15, 0.2) is 0 Å². The summed E-state index contributed by atoms with van der Waals surface area (Å²) in [7, 11) is 0. The van der Waals surface area contributed by atoms with Crippen LogP contribution in [0.25, 0.3) is 22.5 Å². The molecule has 0 aliphatic carbocycles. The molecule has 23 heavy (non-hydrogen) atoms. The zero-order valence-corrected chi connectivity index (χ0v) is 13.1. The summed E-state index contributed by atoms with van der Waals surface area (Å²) in [6.45, 7) is 1.99. The maximum absolute atomic E-state index is 8.80. The minimum Gasteiger partial charge on any atom is -0.333 e. The molecule has 0 radical (unpaired) electrons. The van der Waals surface area contributed by atoms with Gasteiger partial charge in [-0.05, 0) is 36.3 Å². The van der Waals surface area contributed by atoms with E-state index in [-0.39, 0.29) is 5.89 Å². The number of rotatable bonds is 3. The van der Waals surface area contributed by atoms with E-state index in [4.69, 9.17) is 21.4 Å². The second-order valence-electron chi connectivity index (χ2n) is 4.96. The molecule has 1 aromatic heterocycles. The normalized spacial score (nSPS) is 11.3. The van der Waals surface area contributed by atoms with Crippen LogP contribution in [0.1, 0.15) is 22.6 Å². The van der Waals surface area contributed by atoms with Gasteiger partial charge in [-0.15, -0.1) is 0 Å². The predicted octanol–water partition coefficient (Wildman–Crippen LogP) is 4.65. The Labute approximate surface area is 138 Å². The number of halogens is 1. The fourth-order valence-corrected chi connectivity index (χ4v) is 2.32. The van der Waals surface area contributed by atoms with E-state index in [9.17, 15) is 0 Å². The van der Waals surface area contributed by atoms with Crippen LogP contribution >= 0.6 is 11.6 Å². The van der Waals surface area contributed by atoms with Crippen LogP contribution in [0.3, 0.4) is 0 Å². The van der Waals surface area contributed by atoms with Crippen molar-refractivity contribution in [2.45, 2.75) is 6.92 Å². The first kappa shape index (κ1) is 15.0. The maximum atomic E-state index is 8.80. The Hall–Kier alpha value is -2.90. The molecule has 4 nitrogen and oxygen atoms in total. The largest absolute Gasteiger partial charge is 0.333 e. The first-order chi connectivity index (χ1) is 11.2. The molecule has 0 saturated carbocycles. The second kappa shape index (κ2) is 6.47. The van der Waals surface area contributed by atoms with Crippen LogP contribution in [0.4, 0.5) is 0 Å². The summed E-state index contributed by atoms with van der Waals surface area (Å²) in [6, 6.07) is 16.9. The molecule has 0 unspecified atom stereocenters. The summed E-state index contributed by atoms with van der Waals surface area (Å²) in [5.41, 5.74) is 3.42. The van der Waals surface area contributed by atoms with Crippen molar-refractivity contribution >= 4 is 22.7 Å². The van der Waals surface area contributed by atoms with Crippen molar-refractivity contribution < 1.29 is 4.52 Å². The number of aryl methyl sites for hydroxylation is 1. The van der Waals surface area contributed by atoms with E-state index in [1.165, 1.54) is 0 Å². The lowest BCUT2D eigenvalue weighted by Crippen LogP contribution is -1.85. The Morgan fingerprint density at radius 1 is 1.17 bits per heavy atom. The third-order valence-corrected chi connectivity index (χ3v) is 3.62. The van der Waals surface area contributed by atoms with Gasteiger partial charge in [0.1, 0.15) is 5.03 Å². The van der Waals surface area contributed by atoms with Crippen LogP contribution in [0.2, 0.25) is 0 Å². The van der Waals surface area contributed by atoms with Gasteiger partial charge in [0.05, 0.1) is 11.6 Å². The van der Waals surface area contributed by atoms with Crippen molar-refractivity contribution in [3.8, 4) is 17.5 Å². The third-order valence-electron chi connectivity index (χ3n) is 3.35. The molecule has 3 rings (SSSR count). The number of benzene rings is 2. The molecule has 1 heterocycles. The standard InChI is InChI=1S/C18H12ClN3O/c1-12-4-2-3-5-15(12)17-21-18(23-22-17)16(19)10-13-6-8-14(11-20)9-7-13/h2-10H,1H3/b16-10-. The molecule has 0 fully saturated rings. The molecule has 112 valence electrons. The highest BCUT2D eigenvalue weighted by Gasteiger charge is 2.12. The molecular formula is C18H12ClN3O. The first-order valence-corrected chi connectivity index (χ1v) is 7.32. The van der Waals surface area contributed by atoms with Crippen LogP contribution in [0, 0.1) is 18.3 Å². The fraction of sp³-hybridized carbons (Fsp3) is 0.0556. The molecule has 0 aliphatic heterocycles. The smallest absolute Gasteiger partial charge is 0.269 e. The SMILES string of the molecule is Cc1ccccc1-c1noc(/C(Cl)=C/c2ccc(C#N)cc2)n1. The van der Waals surface area contributed by atoms with Crippen molar-refractivity contribution in [1.29, 1.82) is 5.26 Å². The van der Waals surface area contributed by atoms with Crippen molar-refractivity contribution in [2.75, 3.05) is 0 Å². The van der Waals surface area contributed by atoms with E-state index in [1.54, 1.807) is 30.3 Å². The average molecular weight is 322 g/mol. The van der Waals surface area contributed by atoms with Crippen molar-refractivity contribution in [3.05, 3.63) is 71.1 Å². The Kier molecular flexibility index (Phi) is 4.22. The third kappa shape index (κ3) is 3.31. The van der Waals surface area contributed by atoms with E-state index in [2.05, 4.69) is 16.2 Å². The minimum absolute atomic E-state index is 0.259. The first-order valence-electron chi connectivity index (χ1n) is 6.95. The van der Waals surface area contributed by atoms with Crippen LogP contribution in [-0.4, -0.2) is 10.1 Å². The van der Waals surface area contributed by atoms with Crippen LogP contribution in [0.15, 0.2) is 53.1 Å². The van der Waals surface area contributed by atoms with Gasteiger partial charge in [0.25, 0.3) is 5.89 Å². The highest BCUT2D eigenvalue weighted by molar-refractivity contribution is 6.50. The van der Waals surface area contributed by atoms with E-state index in [0.29, 0.717) is 16.4 Å². The molecule has 0 amide bonds. The van der Waals surface area contributed by atoms with Gasteiger partial charge in [-0.2, -0.15) is 10.2 Å². The molecule has 3 aromatic rings. The van der Waals surface area contributed by atoms with Crippen LogP contribution in [-0.2, 0) is 0 Å². The summed E-state index contributed by atoms with van der Waals surface area (Å²) in [5, 5.41) is 13.1. The molecule has 0 atom stereocenters. The zero-order chi connectivity index (χ0) is 16.2. The monoisotopic (exact) mass is 321 g/mol. The summed E-state index contributed by atoms with van der Waals surface area (Å²) < 4.78 is 5.24. The molecular weight excluding hydrogens is 310 g/mol. The molecule has 0 aliphatic rings. The lowest BCUT2D eigenvalue weighted by molar-refractivity contribution is 0.410. The van der Waals surface area contributed by atoms with E-state index in [1.807, 2.05) is 31.2 Å². The fourth-order valence-electron chi connectivity index (χ4n) is 2.12. The number of hydrogen-bond donors (Lipinski definition) is 0. The van der Waals surface area contributed by atoms with Crippen LogP contribution in [0.5, 0.6) is 0 Å². The molecule has 0 saturated heterocycles. The number of nitrogens with zero attached hydrogens (tertiary/aromatic N) is 3. The molecule has 5 heteroatoms. The van der Waals surface area contributed by atoms with Gasteiger partial charge < -0.3 is 4.52 Å². The van der Waals surface area contributed by atoms with Crippen LogP contribution < -0.4 is 0 Å². The summed E-state index contributed by atoms with van der Waals surface area (Å²) in [5.74, 6) is 0.763. The van der Waals surface area contributed by atoms with Crippen molar-refractivity contribution in [1.82, 2.24) is 10.1 Å². The second-order valence-corrected chi connectivity index (χ2v) is 5.37. The number of aromatic nitrogens is 2. The quantitative estimate of drug-likeness (QED) is 0.704. The molecule has 0 spiro atoms. The Morgan fingerprint density at radius 3 is 2.61 bits per heavy atom. The summed E-state index contributed by atoms with van der Waals surface area (Å²) >= 11 is 6.25. The zero-order valence-electron chi connectivity index (χ0n) is 12.3. The average Bonchev–Trinajstić information content (AvgIpc) is 3.06. The van der Waals surface area contributed by atoms with Gasteiger partial charge in [-0.1, -0.05) is 53.2 Å². The maximum Gasteiger partial charge on any atom is 0.269 e. The number of nitriles is 1. The summed E-state index contributed by atoms with van der Waals surface area (Å²) in [4.78, 5) is 4.34. The van der Waals surface area contributed by atoms with Gasteiger partial charge in [-0.25, -0.2) is 0 Å². The Balaban J connectivity index is 1.89. The molecule has 2 aromatic carbocycles. The van der Waals surface area contributed by atoms with E-state index >= 15 is 0 Å². The Morgan fingerprint density at radius 2 is 1.91 bits per heavy atom. The van der Waals surface area contributed by atoms with Gasteiger partial charge >= 0.3 is 0 Å². The van der Waals surface area contributed by atoms with Crippen molar-refractivity contribution in [3.63, 3.8) is 0 Å². The Bertz CT molecular complexity index is 905. The minimum atomic E-state index is 0.259. The topological polar surface area (TPSA) is 62.7 Å². The van der Waals surface area contributed by atoms with Gasteiger partial charge in [0, 0.05) is 5.56 Å². The summed E-state index contributed by atoms with van der Waals surface area (Å²) in [6.07, 6.45) is 1.72. The molecule has 0 bridgehead atoms. The lowest BCUT2D eigenvalue weighted by atomic mass is 10.1. The highest BCUT2D eigenvalue weighted by Crippen LogP contribution is 2.25. The predicted molar refractivity (Wildman–Crippen MR) is 89.4 cm³/mol.